The number of nitrogens with two attached hydrogens (primary N) is 1. The molecule has 0 aromatic heterocycles. The second-order valence-corrected chi connectivity index (χ2v) is 5.06. The Morgan fingerprint density at radius 1 is 1.32 bits per heavy atom. The highest BCUT2D eigenvalue weighted by Crippen LogP contribution is 2.17. The Labute approximate surface area is 114 Å². The molecule has 1 aromatic rings. The Kier molecular flexibility index (Phi) is 5.21. The molecule has 1 atom stereocenters. The zero-order valence-corrected chi connectivity index (χ0v) is 11.2. The monoisotopic (exact) mass is 262 g/mol. The number of benzene rings is 1. The largest absolute Gasteiger partial charge is 0.493 e. The van der Waals surface area contributed by atoms with Gasteiger partial charge in [-0.25, -0.2) is 0 Å². The van der Waals surface area contributed by atoms with E-state index >= 15 is 0 Å². The molecule has 1 saturated heterocycles. The Balaban J connectivity index is 1.77. The van der Waals surface area contributed by atoms with E-state index in [-0.39, 0.29) is 5.91 Å². The highest BCUT2D eigenvalue weighted by molar-refractivity contribution is 5.76. The molecule has 2 rings (SSSR count). The van der Waals surface area contributed by atoms with E-state index in [1.807, 2.05) is 12.1 Å². The summed E-state index contributed by atoms with van der Waals surface area (Å²) in [7, 11) is 0. The van der Waals surface area contributed by atoms with Gasteiger partial charge in [-0.2, -0.15) is 0 Å². The van der Waals surface area contributed by atoms with Gasteiger partial charge >= 0.3 is 0 Å². The maximum Gasteiger partial charge on any atom is 0.220 e. The molecule has 0 spiro atoms. The quantitative estimate of drug-likeness (QED) is 0.816. The van der Waals surface area contributed by atoms with Gasteiger partial charge in [-0.3, -0.25) is 4.79 Å². The fourth-order valence-electron chi connectivity index (χ4n) is 2.27. The van der Waals surface area contributed by atoms with Crippen molar-refractivity contribution in [1.29, 1.82) is 0 Å². The van der Waals surface area contributed by atoms with Crippen LogP contribution in [0, 0.1) is 5.92 Å². The van der Waals surface area contributed by atoms with Gasteiger partial charge in [-0.1, -0.05) is 12.1 Å². The normalized spacial score (nSPS) is 19.0. The summed E-state index contributed by atoms with van der Waals surface area (Å²) < 4.78 is 5.75. The summed E-state index contributed by atoms with van der Waals surface area (Å²) in [6, 6.07) is 8.15. The molecule has 1 heterocycles. The van der Waals surface area contributed by atoms with Gasteiger partial charge < -0.3 is 15.8 Å². The fraction of sp³-hybridized carbons (Fsp3) is 0.533. The Morgan fingerprint density at radius 3 is 2.79 bits per heavy atom. The lowest BCUT2D eigenvalue weighted by Crippen LogP contribution is -2.35. The molecule has 3 N–H and O–H groups in total. The van der Waals surface area contributed by atoms with Crippen LogP contribution >= 0.6 is 0 Å². The van der Waals surface area contributed by atoms with Gasteiger partial charge in [0.2, 0.25) is 5.91 Å². The molecule has 0 aliphatic carbocycles. The van der Waals surface area contributed by atoms with E-state index in [2.05, 4.69) is 17.4 Å². The van der Waals surface area contributed by atoms with Gasteiger partial charge in [0.15, 0.2) is 0 Å². The number of amides is 1. The molecule has 4 heteroatoms. The molecule has 104 valence electrons. The third kappa shape index (κ3) is 4.56. The first-order chi connectivity index (χ1) is 9.28. The van der Waals surface area contributed by atoms with Crippen molar-refractivity contribution in [3.8, 4) is 5.75 Å². The second kappa shape index (κ2) is 7.14. The molecule has 0 radical (unpaired) electrons. The van der Waals surface area contributed by atoms with Crippen molar-refractivity contribution in [1.82, 2.24) is 5.32 Å². The van der Waals surface area contributed by atoms with Crippen molar-refractivity contribution in [3.05, 3.63) is 29.8 Å². The Hall–Kier alpha value is -1.55. The number of hydrogen-bond donors (Lipinski definition) is 2. The van der Waals surface area contributed by atoms with Crippen LogP contribution in [0.1, 0.15) is 24.8 Å². The van der Waals surface area contributed by atoms with Crippen LogP contribution in [-0.4, -0.2) is 25.6 Å². The summed E-state index contributed by atoms with van der Waals surface area (Å²) in [4.78, 5) is 11.3. The summed E-state index contributed by atoms with van der Waals surface area (Å²) in [5.74, 6) is 1.35. The lowest BCUT2D eigenvalue weighted by atomic mass is 9.99. The van der Waals surface area contributed by atoms with Gasteiger partial charge in [-0.05, 0) is 43.5 Å². The Morgan fingerprint density at radius 2 is 2.11 bits per heavy atom. The minimum Gasteiger partial charge on any atom is -0.493 e. The van der Waals surface area contributed by atoms with Crippen molar-refractivity contribution in [2.24, 2.45) is 11.7 Å². The molecule has 0 saturated carbocycles. The van der Waals surface area contributed by atoms with Gasteiger partial charge in [0, 0.05) is 18.9 Å². The second-order valence-electron chi connectivity index (χ2n) is 5.06. The molecule has 1 fully saturated rings. The van der Waals surface area contributed by atoms with Crippen LogP contribution in [0.3, 0.4) is 0 Å². The van der Waals surface area contributed by atoms with Gasteiger partial charge in [-0.15, -0.1) is 0 Å². The molecular formula is C15H22N2O2. The molecule has 1 aromatic carbocycles. The van der Waals surface area contributed by atoms with Crippen LogP contribution in [0.25, 0.3) is 0 Å². The average Bonchev–Trinajstić information content (AvgIpc) is 2.44. The van der Waals surface area contributed by atoms with E-state index in [0.717, 1.165) is 38.1 Å². The van der Waals surface area contributed by atoms with Crippen LogP contribution in [0.2, 0.25) is 0 Å². The van der Waals surface area contributed by atoms with E-state index < -0.39 is 0 Å². The van der Waals surface area contributed by atoms with Crippen molar-refractivity contribution >= 4 is 5.91 Å². The number of nitrogens with one attached hydrogen (secondary N) is 1. The molecule has 19 heavy (non-hydrogen) atoms. The first-order valence-electron chi connectivity index (χ1n) is 6.96. The zero-order chi connectivity index (χ0) is 13.5. The van der Waals surface area contributed by atoms with Crippen LogP contribution in [0.4, 0.5) is 0 Å². The molecule has 1 unspecified atom stereocenters. The van der Waals surface area contributed by atoms with Crippen molar-refractivity contribution in [3.63, 3.8) is 0 Å². The SMILES string of the molecule is NCCCc1ccc(OCC2CCNC(=O)C2)cc1. The lowest BCUT2D eigenvalue weighted by molar-refractivity contribution is -0.123. The predicted octanol–water partition coefficient (Wildman–Crippen LogP) is 1.48. The van der Waals surface area contributed by atoms with E-state index in [1.54, 1.807) is 0 Å². The predicted molar refractivity (Wildman–Crippen MR) is 75.0 cm³/mol. The highest BCUT2D eigenvalue weighted by atomic mass is 16.5. The van der Waals surface area contributed by atoms with Crippen molar-refractivity contribution in [2.45, 2.75) is 25.7 Å². The minimum absolute atomic E-state index is 0.136. The third-order valence-electron chi connectivity index (χ3n) is 3.43. The summed E-state index contributed by atoms with van der Waals surface area (Å²) in [5, 5.41) is 2.83. The maximum absolute atomic E-state index is 11.3. The van der Waals surface area contributed by atoms with Crippen LogP contribution in [0.15, 0.2) is 24.3 Å². The van der Waals surface area contributed by atoms with Gasteiger partial charge in [0.05, 0.1) is 6.61 Å². The number of carbonyl (C=O) groups is 1. The fourth-order valence-corrected chi connectivity index (χ4v) is 2.27. The first-order valence-corrected chi connectivity index (χ1v) is 6.96. The highest BCUT2D eigenvalue weighted by Gasteiger charge is 2.19. The first kappa shape index (κ1) is 13.9. The molecule has 1 aliphatic heterocycles. The smallest absolute Gasteiger partial charge is 0.220 e. The van der Waals surface area contributed by atoms with E-state index in [9.17, 15) is 4.79 Å². The summed E-state index contributed by atoms with van der Waals surface area (Å²) in [6.45, 7) is 2.11. The molecule has 1 amide bonds. The standard InChI is InChI=1S/C15H22N2O2/c16-8-1-2-12-3-5-14(6-4-12)19-11-13-7-9-17-15(18)10-13/h3-6,13H,1-2,7-11,16H2,(H,17,18). The molecule has 4 nitrogen and oxygen atoms in total. The zero-order valence-electron chi connectivity index (χ0n) is 11.2. The van der Waals surface area contributed by atoms with E-state index in [4.69, 9.17) is 10.5 Å². The number of ether oxygens (including phenoxy) is 1. The van der Waals surface area contributed by atoms with Gasteiger partial charge in [0.25, 0.3) is 0 Å². The summed E-state index contributed by atoms with van der Waals surface area (Å²) >= 11 is 0. The number of piperidine rings is 1. The number of aryl methyl sites for hydroxylation is 1. The molecular weight excluding hydrogens is 240 g/mol. The number of hydrogen-bond acceptors (Lipinski definition) is 3. The van der Waals surface area contributed by atoms with Crippen LogP contribution < -0.4 is 15.8 Å². The molecule has 0 bridgehead atoms. The van der Waals surface area contributed by atoms with Crippen molar-refractivity contribution in [2.75, 3.05) is 19.7 Å². The topological polar surface area (TPSA) is 64.3 Å². The minimum atomic E-state index is 0.136. The number of carbonyl (C=O) groups excluding carboxylic acids is 1. The Bertz CT molecular complexity index is 403. The van der Waals surface area contributed by atoms with Gasteiger partial charge in [0.1, 0.15) is 5.75 Å². The van der Waals surface area contributed by atoms with Crippen LogP contribution in [0.5, 0.6) is 5.75 Å². The van der Waals surface area contributed by atoms with E-state index in [0.29, 0.717) is 18.9 Å². The molecule has 1 aliphatic rings. The van der Waals surface area contributed by atoms with E-state index in [1.165, 1.54) is 5.56 Å². The average molecular weight is 262 g/mol. The summed E-state index contributed by atoms with van der Waals surface area (Å²) in [6.07, 6.45) is 3.60. The number of rotatable bonds is 6. The summed E-state index contributed by atoms with van der Waals surface area (Å²) in [5.41, 5.74) is 6.78. The lowest BCUT2D eigenvalue weighted by Gasteiger charge is -2.22. The van der Waals surface area contributed by atoms with Crippen molar-refractivity contribution < 1.29 is 9.53 Å². The third-order valence-corrected chi connectivity index (χ3v) is 3.43. The van der Waals surface area contributed by atoms with Crippen LogP contribution in [-0.2, 0) is 11.2 Å². The maximum atomic E-state index is 11.3.